The molecule has 0 aromatic carbocycles. The van der Waals surface area contributed by atoms with Crippen molar-refractivity contribution >= 4 is 0 Å². The number of hydrogen-bond donors (Lipinski definition) is 1. The minimum atomic E-state index is 0.267. The number of nitrogens with two attached hydrogens (primary N) is 1. The summed E-state index contributed by atoms with van der Waals surface area (Å²) in [5, 5.41) is 4.09. The van der Waals surface area contributed by atoms with Crippen LogP contribution in [0.4, 0.5) is 0 Å². The Morgan fingerprint density at radius 2 is 2.12 bits per heavy atom. The Labute approximate surface area is 95.6 Å². The van der Waals surface area contributed by atoms with E-state index in [2.05, 4.69) is 10.1 Å². The monoisotopic (exact) mass is 221 g/mol. The minimum Gasteiger partial charge on any atom is -0.339 e. The molecular formula is C12H19N3O. The Hall–Kier alpha value is -0.900. The van der Waals surface area contributed by atoms with Gasteiger partial charge in [0.1, 0.15) is 0 Å². The Morgan fingerprint density at radius 3 is 2.62 bits per heavy atom. The maximum Gasteiger partial charge on any atom is 0.227 e. The van der Waals surface area contributed by atoms with E-state index in [1.165, 1.54) is 38.5 Å². The molecule has 0 spiro atoms. The highest BCUT2D eigenvalue weighted by Gasteiger charge is 2.37. The molecule has 1 aromatic heterocycles. The average Bonchev–Trinajstić information content (AvgIpc) is 2.57. The van der Waals surface area contributed by atoms with Crippen LogP contribution >= 0.6 is 0 Å². The minimum absolute atomic E-state index is 0.267. The molecule has 4 nitrogen and oxygen atoms in total. The molecule has 0 unspecified atom stereocenters. The molecule has 0 saturated heterocycles. The number of nitrogens with zero attached hydrogens (tertiary/aromatic N) is 2. The summed E-state index contributed by atoms with van der Waals surface area (Å²) in [4.78, 5) is 4.51. The Morgan fingerprint density at radius 1 is 1.31 bits per heavy atom. The van der Waals surface area contributed by atoms with E-state index in [1.807, 2.05) is 0 Å². The van der Waals surface area contributed by atoms with Crippen molar-refractivity contribution in [2.75, 3.05) is 6.54 Å². The van der Waals surface area contributed by atoms with E-state index >= 15 is 0 Å². The Balaban J connectivity index is 1.67. The summed E-state index contributed by atoms with van der Waals surface area (Å²) in [5.74, 6) is 2.28. The van der Waals surface area contributed by atoms with Gasteiger partial charge >= 0.3 is 0 Å². The summed E-state index contributed by atoms with van der Waals surface area (Å²) >= 11 is 0. The highest BCUT2D eigenvalue weighted by molar-refractivity contribution is 5.02. The molecule has 1 heterocycles. The van der Waals surface area contributed by atoms with Gasteiger partial charge in [0.2, 0.25) is 5.89 Å². The first-order valence-electron chi connectivity index (χ1n) is 6.34. The molecule has 0 aliphatic heterocycles. The van der Waals surface area contributed by atoms with Crippen molar-refractivity contribution < 1.29 is 4.52 Å². The highest BCUT2D eigenvalue weighted by Crippen LogP contribution is 2.42. The zero-order valence-electron chi connectivity index (χ0n) is 9.61. The molecule has 0 amide bonds. The van der Waals surface area contributed by atoms with E-state index < -0.39 is 0 Å². The van der Waals surface area contributed by atoms with Gasteiger partial charge in [0.25, 0.3) is 0 Å². The van der Waals surface area contributed by atoms with Gasteiger partial charge < -0.3 is 10.3 Å². The summed E-state index contributed by atoms with van der Waals surface area (Å²) in [5.41, 5.74) is 6.10. The second-order valence-electron chi connectivity index (χ2n) is 5.41. The van der Waals surface area contributed by atoms with Crippen LogP contribution in [0.1, 0.15) is 56.2 Å². The van der Waals surface area contributed by atoms with Crippen LogP contribution in [0.2, 0.25) is 0 Å². The molecule has 1 aromatic rings. The van der Waals surface area contributed by atoms with Gasteiger partial charge in [-0.05, 0) is 37.6 Å². The molecule has 2 N–H and O–H groups in total. The smallest absolute Gasteiger partial charge is 0.227 e. The number of aromatic nitrogens is 2. The summed E-state index contributed by atoms with van der Waals surface area (Å²) in [7, 11) is 0. The van der Waals surface area contributed by atoms with Crippen molar-refractivity contribution in [2.24, 2.45) is 11.1 Å². The van der Waals surface area contributed by atoms with Crippen LogP contribution in [0, 0.1) is 5.41 Å². The fourth-order valence-corrected chi connectivity index (χ4v) is 2.62. The maximum atomic E-state index is 5.83. The highest BCUT2D eigenvalue weighted by atomic mass is 16.5. The lowest BCUT2D eigenvalue weighted by Gasteiger charge is -2.39. The predicted octanol–water partition coefficient (Wildman–Crippen LogP) is 2.01. The fraction of sp³-hybridized carbons (Fsp3) is 0.833. The first kappa shape index (κ1) is 10.3. The summed E-state index contributed by atoms with van der Waals surface area (Å²) in [6.45, 7) is 0.744. The second kappa shape index (κ2) is 3.84. The quantitative estimate of drug-likeness (QED) is 0.844. The van der Waals surface area contributed by atoms with Crippen molar-refractivity contribution in [1.82, 2.24) is 10.1 Å². The van der Waals surface area contributed by atoms with Gasteiger partial charge in [0, 0.05) is 12.3 Å². The molecule has 4 heteroatoms. The summed E-state index contributed by atoms with van der Waals surface area (Å²) in [6.07, 6.45) is 8.35. The van der Waals surface area contributed by atoms with Gasteiger partial charge in [-0.15, -0.1) is 0 Å². The molecule has 2 aliphatic carbocycles. The van der Waals surface area contributed by atoms with Crippen molar-refractivity contribution in [2.45, 2.75) is 50.9 Å². The number of rotatable bonds is 4. The normalized spacial score (nSPS) is 23.8. The molecular weight excluding hydrogens is 202 g/mol. The van der Waals surface area contributed by atoms with E-state index in [-0.39, 0.29) is 5.41 Å². The molecule has 0 atom stereocenters. The van der Waals surface area contributed by atoms with E-state index in [0.29, 0.717) is 5.92 Å². The van der Waals surface area contributed by atoms with E-state index in [4.69, 9.17) is 10.3 Å². The summed E-state index contributed by atoms with van der Waals surface area (Å²) in [6, 6.07) is 0. The van der Waals surface area contributed by atoms with Gasteiger partial charge in [-0.3, -0.25) is 0 Å². The van der Waals surface area contributed by atoms with E-state index in [9.17, 15) is 0 Å². The first-order chi connectivity index (χ1) is 7.81. The van der Waals surface area contributed by atoms with Gasteiger partial charge in [-0.2, -0.15) is 4.98 Å². The second-order valence-corrected chi connectivity index (χ2v) is 5.41. The first-order valence-corrected chi connectivity index (χ1v) is 6.34. The Kier molecular flexibility index (Phi) is 2.46. The molecule has 2 saturated carbocycles. The average molecular weight is 221 g/mol. The van der Waals surface area contributed by atoms with Crippen molar-refractivity contribution in [3.8, 4) is 0 Å². The lowest BCUT2D eigenvalue weighted by Crippen LogP contribution is -2.39. The van der Waals surface area contributed by atoms with Crippen LogP contribution in [0.3, 0.4) is 0 Å². The van der Waals surface area contributed by atoms with Gasteiger partial charge in [-0.1, -0.05) is 18.0 Å². The Bertz CT molecular complexity index is 361. The molecule has 16 heavy (non-hydrogen) atoms. The van der Waals surface area contributed by atoms with E-state index in [0.717, 1.165) is 24.7 Å². The number of hydrogen-bond acceptors (Lipinski definition) is 4. The largest absolute Gasteiger partial charge is 0.339 e. The van der Waals surface area contributed by atoms with Gasteiger partial charge in [-0.25, -0.2) is 0 Å². The molecule has 2 aliphatic rings. The van der Waals surface area contributed by atoms with Crippen LogP contribution in [0.15, 0.2) is 4.52 Å². The molecule has 2 fully saturated rings. The van der Waals surface area contributed by atoms with Crippen LogP contribution in [-0.4, -0.2) is 16.7 Å². The lowest BCUT2D eigenvalue weighted by atomic mass is 9.67. The zero-order chi connectivity index (χ0) is 11.0. The third kappa shape index (κ3) is 1.65. The lowest BCUT2D eigenvalue weighted by molar-refractivity contribution is 0.129. The third-order valence-electron chi connectivity index (χ3n) is 4.33. The van der Waals surface area contributed by atoms with Crippen LogP contribution in [0.5, 0.6) is 0 Å². The zero-order valence-corrected chi connectivity index (χ0v) is 9.61. The fourth-order valence-electron chi connectivity index (χ4n) is 2.62. The van der Waals surface area contributed by atoms with Crippen LogP contribution in [0.25, 0.3) is 0 Å². The topological polar surface area (TPSA) is 64.9 Å². The summed E-state index contributed by atoms with van der Waals surface area (Å²) < 4.78 is 5.34. The molecule has 0 bridgehead atoms. The SMILES string of the molecule is NCC1(Cc2nc(C3CCC3)no2)CCC1. The standard InChI is InChI=1S/C12H19N3O/c13-8-12(5-2-6-12)7-10-14-11(15-16-10)9-3-1-4-9/h9H,1-8,13H2. The van der Waals surface area contributed by atoms with Gasteiger partial charge in [0.15, 0.2) is 5.82 Å². The molecule has 88 valence electrons. The van der Waals surface area contributed by atoms with Crippen molar-refractivity contribution in [1.29, 1.82) is 0 Å². The van der Waals surface area contributed by atoms with Crippen LogP contribution < -0.4 is 5.73 Å². The van der Waals surface area contributed by atoms with Crippen LogP contribution in [-0.2, 0) is 6.42 Å². The van der Waals surface area contributed by atoms with Crippen molar-refractivity contribution in [3.05, 3.63) is 11.7 Å². The predicted molar refractivity (Wildman–Crippen MR) is 59.9 cm³/mol. The van der Waals surface area contributed by atoms with Crippen molar-refractivity contribution in [3.63, 3.8) is 0 Å². The van der Waals surface area contributed by atoms with E-state index in [1.54, 1.807) is 0 Å². The molecule has 3 rings (SSSR count). The maximum absolute atomic E-state index is 5.83. The third-order valence-corrected chi connectivity index (χ3v) is 4.33. The van der Waals surface area contributed by atoms with Gasteiger partial charge in [0.05, 0.1) is 0 Å². The molecule has 0 radical (unpaired) electrons.